The van der Waals surface area contributed by atoms with Crippen molar-refractivity contribution in [2.45, 2.75) is 6.54 Å². The van der Waals surface area contributed by atoms with E-state index in [4.69, 9.17) is 0 Å². The van der Waals surface area contributed by atoms with Crippen molar-refractivity contribution in [3.8, 4) is 5.82 Å². The first kappa shape index (κ1) is 16.8. The zero-order valence-corrected chi connectivity index (χ0v) is 14.5. The van der Waals surface area contributed by atoms with Crippen molar-refractivity contribution in [3.05, 3.63) is 72.2 Å². The van der Waals surface area contributed by atoms with Gasteiger partial charge in [-0.25, -0.2) is 14.5 Å². The van der Waals surface area contributed by atoms with Crippen LogP contribution in [0, 0.1) is 0 Å². The highest BCUT2D eigenvalue weighted by molar-refractivity contribution is 5.98. The van der Waals surface area contributed by atoms with Crippen molar-refractivity contribution in [2.24, 2.45) is 0 Å². The van der Waals surface area contributed by atoms with E-state index < -0.39 is 0 Å². The first-order valence-corrected chi connectivity index (χ1v) is 8.60. The number of hydrogen-bond acceptors (Lipinski definition) is 4. The Hall–Kier alpha value is -3.68. The molecule has 136 valence electrons. The van der Waals surface area contributed by atoms with Gasteiger partial charge in [0.25, 0.3) is 5.91 Å². The normalized spacial score (nSPS) is 13.5. The molecule has 2 aromatic heterocycles. The van der Waals surface area contributed by atoms with E-state index in [9.17, 15) is 9.59 Å². The number of amides is 3. The molecule has 27 heavy (non-hydrogen) atoms. The van der Waals surface area contributed by atoms with Crippen molar-refractivity contribution in [2.75, 3.05) is 18.0 Å². The van der Waals surface area contributed by atoms with Crippen LogP contribution in [0.25, 0.3) is 5.82 Å². The number of nitrogens with one attached hydrogen (secondary N) is 2. The minimum absolute atomic E-state index is 0.146. The number of urea groups is 1. The Morgan fingerprint density at radius 3 is 2.89 bits per heavy atom. The van der Waals surface area contributed by atoms with Crippen LogP contribution < -0.4 is 15.5 Å². The van der Waals surface area contributed by atoms with E-state index in [1.807, 2.05) is 24.3 Å². The Bertz CT molecular complexity index is 970. The summed E-state index contributed by atoms with van der Waals surface area (Å²) >= 11 is 0. The van der Waals surface area contributed by atoms with Gasteiger partial charge in [0.1, 0.15) is 0 Å². The maximum absolute atomic E-state index is 12.6. The molecule has 0 bridgehead atoms. The van der Waals surface area contributed by atoms with Gasteiger partial charge >= 0.3 is 6.03 Å². The Morgan fingerprint density at radius 2 is 2.11 bits per heavy atom. The van der Waals surface area contributed by atoms with Crippen LogP contribution in [0.1, 0.15) is 15.9 Å². The number of nitrogens with zero attached hydrogens (tertiary/aromatic N) is 4. The Labute approximate surface area is 155 Å². The van der Waals surface area contributed by atoms with Gasteiger partial charge in [0.05, 0.1) is 0 Å². The Balaban J connectivity index is 1.49. The number of anilines is 1. The average molecular weight is 362 g/mol. The molecule has 3 heterocycles. The smallest absolute Gasteiger partial charge is 0.321 e. The maximum Gasteiger partial charge on any atom is 0.321 e. The zero-order valence-electron chi connectivity index (χ0n) is 14.5. The molecule has 1 fully saturated rings. The molecule has 8 heteroatoms. The van der Waals surface area contributed by atoms with Gasteiger partial charge in [0.2, 0.25) is 0 Å². The summed E-state index contributed by atoms with van der Waals surface area (Å²) in [5.41, 5.74) is 2.05. The van der Waals surface area contributed by atoms with Crippen molar-refractivity contribution >= 4 is 17.6 Å². The van der Waals surface area contributed by atoms with E-state index in [0.717, 1.165) is 5.56 Å². The number of rotatable bonds is 5. The van der Waals surface area contributed by atoms with Crippen LogP contribution in [0.5, 0.6) is 0 Å². The van der Waals surface area contributed by atoms with Crippen molar-refractivity contribution in [1.29, 1.82) is 0 Å². The lowest BCUT2D eigenvalue weighted by molar-refractivity contribution is 0.0951. The third-order valence-corrected chi connectivity index (χ3v) is 4.31. The second-order valence-electron chi connectivity index (χ2n) is 6.05. The van der Waals surface area contributed by atoms with Gasteiger partial charge in [0.15, 0.2) is 5.82 Å². The molecule has 0 aliphatic carbocycles. The third-order valence-electron chi connectivity index (χ3n) is 4.31. The Kier molecular flexibility index (Phi) is 4.52. The van der Waals surface area contributed by atoms with Crippen LogP contribution in [-0.4, -0.2) is 39.8 Å². The lowest BCUT2D eigenvalue weighted by Crippen LogP contribution is -2.28. The van der Waals surface area contributed by atoms with E-state index in [-0.39, 0.29) is 11.9 Å². The van der Waals surface area contributed by atoms with Gasteiger partial charge in [-0.15, -0.1) is 0 Å². The SMILES string of the molecule is O=C(NCc1cccnc1-n1cccn1)c1cccc(N2CCNC2=O)c1. The molecule has 0 radical (unpaired) electrons. The summed E-state index contributed by atoms with van der Waals surface area (Å²) in [7, 11) is 0. The molecular weight excluding hydrogens is 344 g/mol. The molecule has 0 atom stereocenters. The quantitative estimate of drug-likeness (QED) is 0.723. The minimum atomic E-state index is -0.216. The van der Waals surface area contributed by atoms with Crippen molar-refractivity contribution < 1.29 is 9.59 Å². The number of aromatic nitrogens is 3. The van der Waals surface area contributed by atoms with Gasteiger partial charge in [0, 0.05) is 55.0 Å². The number of carbonyl (C=O) groups excluding carboxylic acids is 2. The molecular formula is C19H18N6O2. The summed E-state index contributed by atoms with van der Waals surface area (Å²) in [4.78, 5) is 30.4. The van der Waals surface area contributed by atoms with Crippen LogP contribution in [0.4, 0.5) is 10.5 Å². The van der Waals surface area contributed by atoms with Crippen LogP contribution in [0.15, 0.2) is 61.1 Å². The summed E-state index contributed by atoms with van der Waals surface area (Å²) in [5, 5.41) is 9.86. The van der Waals surface area contributed by atoms with Crippen molar-refractivity contribution in [1.82, 2.24) is 25.4 Å². The maximum atomic E-state index is 12.6. The molecule has 1 saturated heterocycles. The molecule has 0 unspecified atom stereocenters. The first-order chi connectivity index (χ1) is 13.2. The topological polar surface area (TPSA) is 92.2 Å². The summed E-state index contributed by atoms with van der Waals surface area (Å²) in [6.45, 7) is 1.51. The van der Waals surface area contributed by atoms with Gasteiger partial charge in [-0.05, 0) is 30.3 Å². The van der Waals surface area contributed by atoms with Crippen LogP contribution in [0.2, 0.25) is 0 Å². The summed E-state index contributed by atoms with van der Waals surface area (Å²) in [6.07, 6.45) is 5.17. The summed E-state index contributed by atoms with van der Waals surface area (Å²) < 4.78 is 1.66. The standard InChI is InChI=1S/C19H18N6O2/c26-18(14-4-1-6-16(12-14)24-11-9-21-19(24)27)22-13-15-5-2-7-20-17(15)25-10-3-8-23-25/h1-8,10,12H,9,11,13H2,(H,21,27)(H,22,26). The number of hydrogen-bond donors (Lipinski definition) is 2. The largest absolute Gasteiger partial charge is 0.348 e. The number of benzene rings is 1. The predicted octanol–water partition coefficient (Wildman–Crippen LogP) is 1.73. The van der Waals surface area contributed by atoms with Crippen LogP contribution in [-0.2, 0) is 6.54 Å². The fraction of sp³-hybridized carbons (Fsp3) is 0.158. The van der Waals surface area contributed by atoms with Gasteiger partial charge in [-0.2, -0.15) is 5.10 Å². The fourth-order valence-corrected chi connectivity index (χ4v) is 2.98. The highest BCUT2D eigenvalue weighted by Gasteiger charge is 2.21. The average Bonchev–Trinajstić information content (AvgIpc) is 3.38. The lowest BCUT2D eigenvalue weighted by Gasteiger charge is -2.15. The van der Waals surface area contributed by atoms with E-state index in [1.54, 1.807) is 46.4 Å². The monoisotopic (exact) mass is 362 g/mol. The number of carbonyl (C=O) groups is 2. The van der Waals surface area contributed by atoms with Gasteiger partial charge in [-0.1, -0.05) is 12.1 Å². The second-order valence-corrected chi connectivity index (χ2v) is 6.05. The Morgan fingerprint density at radius 1 is 1.19 bits per heavy atom. The molecule has 1 aliphatic rings. The summed E-state index contributed by atoms with van der Waals surface area (Å²) in [6, 6.07) is 12.4. The van der Waals surface area contributed by atoms with Crippen LogP contribution >= 0.6 is 0 Å². The first-order valence-electron chi connectivity index (χ1n) is 8.60. The molecule has 3 aromatic rings. The molecule has 0 saturated carbocycles. The molecule has 4 rings (SSSR count). The van der Waals surface area contributed by atoms with E-state index in [0.29, 0.717) is 36.7 Å². The highest BCUT2D eigenvalue weighted by atomic mass is 16.2. The van der Waals surface area contributed by atoms with Gasteiger partial charge < -0.3 is 10.6 Å². The van der Waals surface area contributed by atoms with Crippen molar-refractivity contribution in [3.63, 3.8) is 0 Å². The molecule has 1 aromatic carbocycles. The second kappa shape index (κ2) is 7.28. The number of pyridine rings is 1. The van der Waals surface area contributed by atoms with E-state index in [2.05, 4.69) is 20.7 Å². The predicted molar refractivity (Wildman–Crippen MR) is 99.7 cm³/mol. The van der Waals surface area contributed by atoms with Gasteiger partial charge in [-0.3, -0.25) is 9.69 Å². The third kappa shape index (κ3) is 3.50. The molecule has 0 spiro atoms. The molecule has 1 aliphatic heterocycles. The molecule has 2 N–H and O–H groups in total. The van der Waals surface area contributed by atoms with E-state index in [1.165, 1.54) is 0 Å². The highest BCUT2D eigenvalue weighted by Crippen LogP contribution is 2.18. The van der Waals surface area contributed by atoms with Crippen LogP contribution in [0.3, 0.4) is 0 Å². The fourth-order valence-electron chi connectivity index (χ4n) is 2.98. The molecule has 8 nitrogen and oxygen atoms in total. The minimum Gasteiger partial charge on any atom is -0.348 e. The zero-order chi connectivity index (χ0) is 18.6. The lowest BCUT2D eigenvalue weighted by atomic mass is 10.1. The summed E-state index contributed by atoms with van der Waals surface area (Å²) in [5.74, 6) is 0.456. The van der Waals surface area contributed by atoms with E-state index >= 15 is 0 Å². The molecule has 3 amide bonds.